The molecular weight excluding hydrogens is 728 g/mol. The molecule has 7 aliphatic rings. The number of aliphatic hydroxyl groups is 6. The first kappa shape index (κ1) is 42.4. The second-order valence-electron chi connectivity index (χ2n) is 20.7. The lowest BCUT2D eigenvalue weighted by Gasteiger charge is -2.71. The van der Waals surface area contributed by atoms with Crippen LogP contribution in [0, 0.1) is 50.2 Å². The molecular formula is C42H66O14. The van der Waals surface area contributed by atoms with Crippen molar-refractivity contribution in [2.24, 2.45) is 50.2 Å². The average Bonchev–Trinajstić information content (AvgIpc) is 3.12. The van der Waals surface area contributed by atoms with Crippen LogP contribution >= 0.6 is 0 Å². The van der Waals surface area contributed by atoms with Gasteiger partial charge in [-0.25, -0.2) is 4.79 Å². The third-order valence-corrected chi connectivity index (χ3v) is 17.2. The summed E-state index contributed by atoms with van der Waals surface area (Å²) in [6.45, 7) is 15.4. The molecule has 56 heavy (non-hydrogen) atoms. The number of allylic oxidation sites excluding steroid dienone is 2. The third kappa shape index (κ3) is 6.17. The van der Waals surface area contributed by atoms with Crippen LogP contribution in [0.1, 0.15) is 113 Å². The molecule has 2 heterocycles. The van der Waals surface area contributed by atoms with Gasteiger partial charge in [0.2, 0.25) is 0 Å². The summed E-state index contributed by atoms with van der Waals surface area (Å²) in [7, 11) is 0. The molecule has 18 unspecified atom stereocenters. The zero-order valence-electron chi connectivity index (χ0n) is 34.0. The molecule has 2 aliphatic heterocycles. The van der Waals surface area contributed by atoms with Crippen molar-refractivity contribution in [3.8, 4) is 0 Å². The van der Waals surface area contributed by atoms with E-state index in [0.717, 1.165) is 51.4 Å². The van der Waals surface area contributed by atoms with Crippen LogP contribution in [0.2, 0.25) is 0 Å². The fourth-order valence-corrected chi connectivity index (χ4v) is 13.6. The molecule has 5 aliphatic carbocycles. The molecule has 0 radical (unpaired) electrons. The highest BCUT2D eigenvalue weighted by molar-refractivity contribution is 5.76. The molecule has 0 aromatic heterocycles. The number of carbonyl (C=O) groups is 2. The average molecular weight is 795 g/mol. The minimum atomic E-state index is -1.87. The van der Waals surface area contributed by atoms with Crippen LogP contribution in [0.4, 0.5) is 0 Å². The number of aliphatic hydroxyl groups excluding tert-OH is 6. The van der Waals surface area contributed by atoms with Crippen LogP contribution in [0.3, 0.4) is 0 Å². The van der Waals surface area contributed by atoms with Gasteiger partial charge < -0.3 is 59.8 Å². The van der Waals surface area contributed by atoms with Crippen molar-refractivity contribution in [1.29, 1.82) is 0 Å². The molecule has 4 saturated carbocycles. The van der Waals surface area contributed by atoms with Gasteiger partial charge in [0, 0.05) is 0 Å². The molecule has 18 atom stereocenters. The summed E-state index contributed by atoms with van der Waals surface area (Å²) in [4.78, 5) is 25.5. The fraction of sp³-hybridized carbons (Fsp3) is 0.905. The van der Waals surface area contributed by atoms with Crippen LogP contribution < -0.4 is 0 Å². The minimum Gasteiger partial charge on any atom is -0.481 e. The van der Waals surface area contributed by atoms with E-state index in [0.29, 0.717) is 18.8 Å². The summed E-state index contributed by atoms with van der Waals surface area (Å²) < 4.78 is 23.3. The number of aliphatic carboxylic acids is 2. The lowest BCUT2D eigenvalue weighted by Crippen LogP contribution is -2.67. The van der Waals surface area contributed by atoms with Gasteiger partial charge in [-0.2, -0.15) is 0 Å². The van der Waals surface area contributed by atoms with E-state index in [1.54, 1.807) is 0 Å². The van der Waals surface area contributed by atoms with E-state index in [1.807, 2.05) is 0 Å². The van der Waals surface area contributed by atoms with Crippen molar-refractivity contribution in [1.82, 2.24) is 0 Å². The van der Waals surface area contributed by atoms with Crippen LogP contribution in [-0.4, -0.2) is 127 Å². The second kappa shape index (κ2) is 14.2. The molecule has 0 spiro atoms. The summed E-state index contributed by atoms with van der Waals surface area (Å²) in [5.41, 5.74) is 0.0426. The van der Waals surface area contributed by atoms with Crippen LogP contribution in [-0.2, 0) is 28.5 Å². The molecule has 0 amide bonds. The molecule has 0 bridgehead atoms. The van der Waals surface area contributed by atoms with Gasteiger partial charge in [0.15, 0.2) is 18.7 Å². The van der Waals surface area contributed by atoms with Gasteiger partial charge >= 0.3 is 11.9 Å². The second-order valence-corrected chi connectivity index (χ2v) is 20.7. The maximum absolute atomic E-state index is 13.0. The summed E-state index contributed by atoms with van der Waals surface area (Å²) in [6, 6.07) is 0. The van der Waals surface area contributed by atoms with Gasteiger partial charge in [0.25, 0.3) is 0 Å². The molecule has 14 heteroatoms. The standard InChI is InChI=1S/C42H66O14/c1-37(2)14-16-42(36(51)52)17-15-40(6)20(21(42)18-37)8-9-24-39(5)12-11-25(38(3,4)23(39)10-13-41(24,40)7)54-35-30(48)28(46)31(32(56-35)33(49)50)55-34-29(47)27(45)26(44)22(19-43)53-34/h8,21-32,34-35,43-48H,9-19H2,1-7H3,(H,49,50)(H,51,52). The zero-order chi connectivity index (χ0) is 41.1. The van der Waals surface area contributed by atoms with E-state index < -0.39 is 96.9 Å². The molecule has 0 aromatic rings. The number of hydrogen-bond acceptors (Lipinski definition) is 12. The van der Waals surface area contributed by atoms with Crippen molar-refractivity contribution in [3.63, 3.8) is 0 Å². The number of hydrogen-bond donors (Lipinski definition) is 8. The summed E-state index contributed by atoms with van der Waals surface area (Å²) in [5, 5.41) is 83.9. The lowest BCUT2D eigenvalue weighted by atomic mass is 9.33. The Bertz CT molecular complexity index is 1560. The van der Waals surface area contributed by atoms with E-state index in [9.17, 15) is 50.4 Å². The summed E-state index contributed by atoms with van der Waals surface area (Å²) >= 11 is 0. The molecule has 7 rings (SSSR count). The van der Waals surface area contributed by atoms with Crippen LogP contribution in [0.5, 0.6) is 0 Å². The smallest absolute Gasteiger partial charge is 0.335 e. The van der Waals surface area contributed by atoms with E-state index in [4.69, 9.17) is 18.9 Å². The Morgan fingerprint density at radius 3 is 2.04 bits per heavy atom. The first-order valence-electron chi connectivity index (χ1n) is 20.8. The fourth-order valence-electron chi connectivity index (χ4n) is 13.6. The maximum Gasteiger partial charge on any atom is 0.335 e. The molecule has 0 aromatic carbocycles. The predicted octanol–water partition coefficient (Wildman–Crippen LogP) is 2.97. The van der Waals surface area contributed by atoms with Crippen LogP contribution in [0.15, 0.2) is 11.6 Å². The molecule has 318 valence electrons. The van der Waals surface area contributed by atoms with E-state index in [-0.39, 0.29) is 33.5 Å². The highest BCUT2D eigenvalue weighted by atomic mass is 16.7. The normalized spacial score (nSPS) is 52.3. The molecule has 8 N–H and O–H groups in total. The maximum atomic E-state index is 13.0. The van der Waals surface area contributed by atoms with Crippen molar-refractivity contribution in [3.05, 3.63) is 11.6 Å². The zero-order valence-corrected chi connectivity index (χ0v) is 34.0. The van der Waals surface area contributed by atoms with E-state index in [2.05, 4.69) is 54.5 Å². The molecule has 2 saturated heterocycles. The van der Waals surface area contributed by atoms with Gasteiger partial charge in [0.05, 0.1) is 18.1 Å². The van der Waals surface area contributed by atoms with Gasteiger partial charge in [-0.3, -0.25) is 4.79 Å². The van der Waals surface area contributed by atoms with Gasteiger partial charge in [0.1, 0.15) is 42.7 Å². The highest BCUT2D eigenvalue weighted by Gasteiger charge is 2.69. The van der Waals surface area contributed by atoms with Crippen LogP contribution in [0.25, 0.3) is 0 Å². The Kier molecular flexibility index (Phi) is 10.8. The van der Waals surface area contributed by atoms with Gasteiger partial charge in [-0.1, -0.05) is 60.1 Å². The van der Waals surface area contributed by atoms with Gasteiger partial charge in [-0.05, 0) is 109 Å². The van der Waals surface area contributed by atoms with Crippen molar-refractivity contribution in [2.75, 3.05) is 6.61 Å². The largest absolute Gasteiger partial charge is 0.481 e. The van der Waals surface area contributed by atoms with Crippen molar-refractivity contribution in [2.45, 2.75) is 180 Å². The monoisotopic (exact) mass is 794 g/mol. The Morgan fingerprint density at radius 2 is 1.39 bits per heavy atom. The quantitative estimate of drug-likeness (QED) is 0.137. The Labute approximate surface area is 329 Å². The van der Waals surface area contributed by atoms with E-state index in [1.165, 1.54) is 5.57 Å². The highest BCUT2D eigenvalue weighted by Crippen LogP contribution is 2.76. The minimum absolute atomic E-state index is 0.0282. The number of ether oxygens (including phenoxy) is 4. The summed E-state index contributed by atoms with van der Waals surface area (Å²) in [6.07, 6.45) is -6.96. The number of carboxylic acid groups (broad SMARTS) is 2. The topological polar surface area (TPSA) is 233 Å². The van der Waals surface area contributed by atoms with Crippen molar-refractivity contribution < 1.29 is 69.4 Å². The SMILES string of the molecule is CC1(C)CCC2(C(=O)O)CCC3(C)C(=CCC4C5(C)CCC(OC6OC(C(=O)O)C(OC7OC(CO)C(O)C(O)C7O)C(O)C6O)C(C)(C)C5CCC43C)C2C1. The molecule has 6 fully saturated rings. The Morgan fingerprint density at radius 1 is 0.750 bits per heavy atom. The predicted molar refractivity (Wildman–Crippen MR) is 198 cm³/mol. The van der Waals surface area contributed by atoms with E-state index >= 15 is 0 Å². The Hall–Kier alpha value is -1.72. The lowest BCUT2D eigenvalue weighted by molar-refractivity contribution is -0.363. The first-order valence-corrected chi connectivity index (χ1v) is 20.8. The van der Waals surface area contributed by atoms with Crippen molar-refractivity contribution >= 4 is 11.9 Å². The number of fused-ring (bicyclic) bond motifs is 7. The first-order chi connectivity index (χ1) is 26.0. The van der Waals surface area contributed by atoms with Gasteiger partial charge in [-0.15, -0.1) is 0 Å². The number of rotatable bonds is 7. The third-order valence-electron chi connectivity index (χ3n) is 17.2. The number of carboxylic acids is 2. The summed E-state index contributed by atoms with van der Waals surface area (Å²) in [5.74, 6) is -1.61. The molecule has 14 nitrogen and oxygen atoms in total. The Balaban J connectivity index is 1.10.